The fourth-order valence-corrected chi connectivity index (χ4v) is 1.45. The third-order valence-corrected chi connectivity index (χ3v) is 2.43. The summed E-state index contributed by atoms with van der Waals surface area (Å²) in [6.45, 7) is 0. The number of carbonyl (C=O) groups is 1. The van der Waals surface area contributed by atoms with Gasteiger partial charge in [0.05, 0.1) is 0 Å². The lowest BCUT2D eigenvalue weighted by Gasteiger charge is -2.10. The van der Waals surface area contributed by atoms with Gasteiger partial charge < -0.3 is 5.11 Å². The van der Waals surface area contributed by atoms with E-state index < -0.39 is 5.97 Å². The molecule has 1 unspecified atom stereocenters. The molecule has 0 fully saturated rings. The van der Waals surface area contributed by atoms with Crippen LogP contribution < -0.4 is 0 Å². The first-order chi connectivity index (χ1) is 5.70. The Bertz CT molecular complexity index is 128. The lowest BCUT2D eigenvalue weighted by molar-refractivity contribution is -0.137. The number of rotatable bonds is 7. The van der Waals surface area contributed by atoms with Gasteiger partial charge in [-0.05, 0) is 25.2 Å². The third-order valence-electron chi connectivity index (χ3n) is 1.73. The van der Waals surface area contributed by atoms with Crippen LogP contribution in [-0.2, 0) is 4.79 Å². The number of carboxylic acid groups (broad SMARTS) is 1. The molecule has 1 atom stereocenters. The van der Waals surface area contributed by atoms with Crippen molar-refractivity contribution in [3.05, 3.63) is 0 Å². The Morgan fingerprint density at radius 1 is 1.33 bits per heavy atom. The highest BCUT2D eigenvalue weighted by Crippen LogP contribution is 2.15. The van der Waals surface area contributed by atoms with Crippen LogP contribution in [0.25, 0.3) is 0 Å². The average molecular weight is 213 g/mol. The second-order valence-corrected chi connectivity index (χ2v) is 3.47. The van der Waals surface area contributed by atoms with Crippen LogP contribution in [0.2, 0.25) is 0 Å². The highest BCUT2D eigenvalue weighted by molar-refractivity contribution is 6.18. The Morgan fingerprint density at radius 3 is 2.42 bits per heavy atom. The third kappa shape index (κ3) is 6.74. The van der Waals surface area contributed by atoms with E-state index in [0.717, 1.165) is 12.8 Å². The molecule has 0 spiro atoms. The van der Waals surface area contributed by atoms with Crippen molar-refractivity contribution in [3.8, 4) is 0 Å². The predicted octanol–water partition coefficient (Wildman–Crippen LogP) is 2.73. The molecule has 0 bridgehead atoms. The van der Waals surface area contributed by atoms with Crippen LogP contribution in [0.15, 0.2) is 0 Å². The van der Waals surface area contributed by atoms with E-state index in [2.05, 4.69) is 0 Å². The molecule has 72 valence electrons. The topological polar surface area (TPSA) is 37.3 Å². The van der Waals surface area contributed by atoms with Gasteiger partial charge in [0.1, 0.15) is 0 Å². The maximum Gasteiger partial charge on any atom is 0.303 e. The summed E-state index contributed by atoms with van der Waals surface area (Å²) < 4.78 is 0. The van der Waals surface area contributed by atoms with Crippen LogP contribution in [0.1, 0.15) is 25.7 Å². The molecule has 0 amide bonds. The van der Waals surface area contributed by atoms with E-state index in [0.29, 0.717) is 24.1 Å². The lowest BCUT2D eigenvalue weighted by Crippen LogP contribution is -2.06. The monoisotopic (exact) mass is 212 g/mol. The number of alkyl halides is 2. The zero-order valence-electron chi connectivity index (χ0n) is 6.93. The second-order valence-electron chi connectivity index (χ2n) is 2.78. The van der Waals surface area contributed by atoms with Crippen molar-refractivity contribution in [1.82, 2.24) is 0 Å². The normalized spacial score (nSPS) is 12.8. The number of hydrogen-bond acceptors (Lipinski definition) is 1. The molecule has 12 heavy (non-hydrogen) atoms. The second kappa shape index (κ2) is 7.69. The molecule has 0 aliphatic carbocycles. The molecule has 4 heteroatoms. The number of halogens is 2. The standard InChI is InChI=1S/C8H14Cl2O2/c9-5-1-2-7(6-10)3-4-8(11)12/h7H,1-6H2,(H,11,12). The minimum absolute atomic E-state index is 0.208. The Hall–Kier alpha value is 0.0500. The van der Waals surface area contributed by atoms with E-state index in [9.17, 15) is 4.79 Å². The molecule has 0 aromatic carbocycles. The molecule has 0 aliphatic heterocycles. The van der Waals surface area contributed by atoms with Crippen LogP contribution in [0.5, 0.6) is 0 Å². The van der Waals surface area contributed by atoms with Gasteiger partial charge in [0.25, 0.3) is 0 Å². The van der Waals surface area contributed by atoms with Crippen molar-refractivity contribution in [2.24, 2.45) is 5.92 Å². The zero-order chi connectivity index (χ0) is 9.40. The van der Waals surface area contributed by atoms with E-state index in [1.807, 2.05) is 0 Å². The van der Waals surface area contributed by atoms with Gasteiger partial charge in [-0.3, -0.25) is 4.79 Å². The van der Waals surface area contributed by atoms with Crippen molar-refractivity contribution < 1.29 is 9.90 Å². The summed E-state index contributed by atoms with van der Waals surface area (Å²) in [4.78, 5) is 10.2. The van der Waals surface area contributed by atoms with Gasteiger partial charge in [0, 0.05) is 18.2 Å². The van der Waals surface area contributed by atoms with Crippen LogP contribution in [0, 0.1) is 5.92 Å². The van der Waals surface area contributed by atoms with Crippen molar-refractivity contribution in [1.29, 1.82) is 0 Å². The zero-order valence-corrected chi connectivity index (χ0v) is 8.44. The summed E-state index contributed by atoms with van der Waals surface area (Å²) in [5.41, 5.74) is 0. The van der Waals surface area contributed by atoms with Crippen molar-refractivity contribution >= 4 is 29.2 Å². The Labute approximate surface area is 82.9 Å². The van der Waals surface area contributed by atoms with E-state index >= 15 is 0 Å². The molecule has 0 aromatic heterocycles. The van der Waals surface area contributed by atoms with Gasteiger partial charge in [0.15, 0.2) is 0 Å². The van der Waals surface area contributed by atoms with Crippen LogP contribution in [0.3, 0.4) is 0 Å². The Kier molecular flexibility index (Phi) is 7.72. The predicted molar refractivity (Wildman–Crippen MR) is 51.0 cm³/mol. The van der Waals surface area contributed by atoms with Gasteiger partial charge >= 0.3 is 5.97 Å². The molecule has 0 heterocycles. The van der Waals surface area contributed by atoms with Crippen molar-refractivity contribution in [2.45, 2.75) is 25.7 Å². The summed E-state index contributed by atoms with van der Waals surface area (Å²) in [7, 11) is 0. The molecule has 1 N–H and O–H groups in total. The number of hydrogen-bond donors (Lipinski definition) is 1. The first kappa shape index (κ1) is 12.0. The molecule has 0 saturated carbocycles. The number of carboxylic acids is 1. The van der Waals surface area contributed by atoms with Gasteiger partial charge in [-0.15, -0.1) is 23.2 Å². The van der Waals surface area contributed by atoms with Crippen LogP contribution in [0.4, 0.5) is 0 Å². The summed E-state index contributed by atoms with van der Waals surface area (Å²) in [6.07, 6.45) is 2.72. The smallest absolute Gasteiger partial charge is 0.303 e. The van der Waals surface area contributed by atoms with E-state index in [-0.39, 0.29) is 6.42 Å². The molecule has 0 radical (unpaired) electrons. The first-order valence-corrected chi connectivity index (χ1v) is 5.11. The van der Waals surface area contributed by atoms with E-state index in [1.165, 1.54) is 0 Å². The largest absolute Gasteiger partial charge is 0.481 e. The maximum absolute atomic E-state index is 10.2. The van der Waals surface area contributed by atoms with Gasteiger partial charge in [-0.2, -0.15) is 0 Å². The Morgan fingerprint density at radius 2 is 2.00 bits per heavy atom. The van der Waals surface area contributed by atoms with E-state index in [1.54, 1.807) is 0 Å². The molecular weight excluding hydrogens is 199 g/mol. The average Bonchev–Trinajstić information content (AvgIpc) is 2.05. The van der Waals surface area contributed by atoms with Crippen LogP contribution in [-0.4, -0.2) is 22.8 Å². The SMILES string of the molecule is O=C(O)CCC(CCl)CCCCl. The highest BCUT2D eigenvalue weighted by Gasteiger charge is 2.08. The van der Waals surface area contributed by atoms with Gasteiger partial charge in [-0.1, -0.05) is 0 Å². The molecule has 0 saturated heterocycles. The van der Waals surface area contributed by atoms with Crippen molar-refractivity contribution in [2.75, 3.05) is 11.8 Å². The quantitative estimate of drug-likeness (QED) is 0.660. The Balaban J connectivity index is 3.45. The van der Waals surface area contributed by atoms with Crippen LogP contribution >= 0.6 is 23.2 Å². The molecule has 2 nitrogen and oxygen atoms in total. The number of aliphatic carboxylic acids is 1. The van der Waals surface area contributed by atoms with E-state index in [4.69, 9.17) is 28.3 Å². The summed E-state index contributed by atoms with van der Waals surface area (Å²) in [5.74, 6) is 0.711. The summed E-state index contributed by atoms with van der Waals surface area (Å²) >= 11 is 11.2. The van der Waals surface area contributed by atoms with Gasteiger partial charge in [-0.25, -0.2) is 0 Å². The minimum atomic E-state index is -0.754. The molecular formula is C8H14Cl2O2. The fraction of sp³-hybridized carbons (Fsp3) is 0.875. The minimum Gasteiger partial charge on any atom is -0.481 e. The summed E-state index contributed by atoms with van der Waals surface area (Å²) in [5, 5.41) is 8.41. The molecule has 0 aromatic rings. The highest BCUT2D eigenvalue weighted by atomic mass is 35.5. The molecule has 0 rings (SSSR count). The maximum atomic E-state index is 10.2. The fourth-order valence-electron chi connectivity index (χ4n) is 0.992. The lowest BCUT2D eigenvalue weighted by atomic mass is 10.0. The first-order valence-electron chi connectivity index (χ1n) is 4.04. The molecule has 0 aliphatic rings. The van der Waals surface area contributed by atoms with Crippen molar-refractivity contribution in [3.63, 3.8) is 0 Å². The summed E-state index contributed by atoms with van der Waals surface area (Å²) in [6, 6.07) is 0. The van der Waals surface area contributed by atoms with Gasteiger partial charge in [0.2, 0.25) is 0 Å².